The summed E-state index contributed by atoms with van der Waals surface area (Å²) in [5.41, 5.74) is 5.57. The third-order valence-electron chi connectivity index (χ3n) is 5.46. The molecule has 4 aliphatic carbocycles. The number of aliphatic hydroxyl groups is 1. The predicted molar refractivity (Wildman–Crippen MR) is 68.2 cm³/mol. The molecule has 1 atom stereocenters. The van der Waals surface area contributed by atoms with Crippen LogP contribution in [-0.4, -0.2) is 21.8 Å². The first kappa shape index (κ1) is 11.9. The van der Waals surface area contributed by atoms with Gasteiger partial charge in [0.15, 0.2) is 5.82 Å². The van der Waals surface area contributed by atoms with Gasteiger partial charge >= 0.3 is 0 Å². The topological polar surface area (TPSA) is 85.2 Å². The minimum atomic E-state index is -0.824. The van der Waals surface area contributed by atoms with E-state index in [1.807, 2.05) is 0 Å². The maximum absolute atomic E-state index is 9.70. The summed E-state index contributed by atoms with van der Waals surface area (Å²) in [6, 6.07) is 0. The van der Waals surface area contributed by atoms with E-state index in [4.69, 9.17) is 10.3 Å². The van der Waals surface area contributed by atoms with Gasteiger partial charge in [-0.25, -0.2) is 0 Å². The molecule has 5 rings (SSSR count). The average molecular weight is 263 g/mol. The van der Waals surface area contributed by atoms with Crippen molar-refractivity contribution in [2.24, 2.45) is 23.5 Å². The van der Waals surface area contributed by atoms with Gasteiger partial charge in [0.05, 0.1) is 0 Å². The molecule has 0 saturated heterocycles. The molecule has 5 nitrogen and oxygen atoms in total. The quantitative estimate of drug-likeness (QED) is 0.863. The van der Waals surface area contributed by atoms with Crippen LogP contribution < -0.4 is 5.73 Å². The minimum Gasteiger partial charge on any atom is -0.382 e. The number of nitrogens with zero attached hydrogens (tertiary/aromatic N) is 2. The van der Waals surface area contributed by atoms with Crippen LogP contribution in [0.3, 0.4) is 0 Å². The van der Waals surface area contributed by atoms with Crippen LogP contribution in [0, 0.1) is 17.8 Å². The number of aliphatic hydroxyl groups excluding tert-OH is 1. The molecular weight excluding hydrogens is 242 g/mol. The van der Waals surface area contributed by atoms with Crippen LogP contribution in [0.25, 0.3) is 0 Å². The van der Waals surface area contributed by atoms with Crippen molar-refractivity contribution < 1.29 is 9.63 Å². The van der Waals surface area contributed by atoms with Crippen LogP contribution in [0.1, 0.15) is 56.3 Å². The lowest BCUT2D eigenvalue weighted by Crippen LogP contribution is -2.49. The zero-order valence-corrected chi connectivity index (χ0v) is 11.1. The zero-order chi connectivity index (χ0) is 13.0. The van der Waals surface area contributed by atoms with Gasteiger partial charge in [0, 0.05) is 12.0 Å². The maximum Gasteiger partial charge on any atom is 0.256 e. The van der Waals surface area contributed by atoms with E-state index in [-0.39, 0.29) is 17.9 Å². The van der Waals surface area contributed by atoms with Crippen LogP contribution in [-0.2, 0) is 5.41 Å². The fourth-order valence-corrected chi connectivity index (χ4v) is 5.07. The minimum absolute atomic E-state index is 0.127. The Labute approximate surface area is 112 Å². The van der Waals surface area contributed by atoms with Gasteiger partial charge in [-0.05, 0) is 56.3 Å². The van der Waals surface area contributed by atoms with E-state index < -0.39 is 6.10 Å². The second kappa shape index (κ2) is 4.03. The summed E-state index contributed by atoms with van der Waals surface area (Å²) >= 11 is 0. The Kier molecular flexibility index (Phi) is 2.51. The number of rotatable bonds is 3. The van der Waals surface area contributed by atoms with Gasteiger partial charge in [0.2, 0.25) is 0 Å². The van der Waals surface area contributed by atoms with E-state index in [0.717, 1.165) is 23.6 Å². The van der Waals surface area contributed by atoms with E-state index in [1.54, 1.807) is 0 Å². The van der Waals surface area contributed by atoms with Crippen molar-refractivity contribution in [1.29, 1.82) is 0 Å². The van der Waals surface area contributed by atoms with Crippen molar-refractivity contribution in [1.82, 2.24) is 10.1 Å². The van der Waals surface area contributed by atoms with Crippen LogP contribution in [0.5, 0.6) is 0 Å². The van der Waals surface area contributed by atoms with Crippen molar-refractivity contribution in [3.8, 4) is 0 Å². The Morgan fingerprint density at radius 2 is 1.79 bits per heavy atom. The highest BCUT2D eigenvalue weighted by molar-refractivity contribution is 5.16. The lowest BCUT2D eigenvalue weighted by Gasteiger charge is -2.55. The average Bonchev–Trinajstić information content (AvgIpc) is 2.86. The molecular formula is C14H21N3O2. The molecule has 5 heteroatoms. The first-order valence-electron chi connectivity index (χ1n) is 7.41. The maximum atomic E-state index is 9.70. The SMILES string of the molecule is NC[C@H](O)c1nc(C23CC4CC(CC(C4)C2)C3)no1. The van der Waals surface area contributed by atoms with Crippen LogP contribution in [0.4, 0.5) is 0 Å². The Hall–Kier alpha value is -0.940. The summed E-state index contributed by atoms with van der Waals surface area (Å²) < 4.78 is 5.22. The van der Waals surface area contributed by atoms with Crippen molar-refractivity contribution in [3.05, 3.63) is 11.7 Å². The molecule has 0 unspecified atom stereocenters. The van der Waals surface area contributed by atoms with Gasteiger partial charge in [-0.2, -0.15) is 4.98 Å². The molecule has 4 saturated carbocycles. The third-order valence-corrected chi connectivity index (χ3v) is 5.46. The molecule has 3 N–H and O–H groups in total. The van der Waals surface area contributed by atoms with E-state index in [2.05, 4.69) is 10.1 Å². The monoisotopic (exact) mass is 263 g/mol. The van der Waals surface area contributed by atoms with Crippen LogP contribution in [0.15, 0.2) is 4.52 Å². The van der Waals surface area contributed by atoms with Gasteiger partial charge in [-0.1, -0.05) is 5.16 Å². The number of hydrogen-bond acceptors (Lipinski definition) is 5. The molecule has 1 aromatic heterocycles. The lowest BCUT2D eigenvalue weighted by molar-refractivity contribution is -0.0103. The molecule has 19 heavy (non-hydrogen) atoms. The van der Waals surface area contributed by atoms with E-state index in [9.17, 15) is 5.11 Å². The van der Waals surface area contributed by atoms with E-state index >= 15 is 0 Å². The van der Waals surface area contributed by atoms with Gasteiger partial charge in [-0.3, -0.25) is 0 Å². The highest BCUT2D eigenvalue weighted by Gasteiger charge is 2.53. The number of aromatic nitrogens is 2. The molecule has 0 aliphatic heterocycles. The number of nitrogens with two attached hydrogens (primary N) is 1. The van der Waals surface area contributed by atoms with Crippen molar-refractivity contribution in [2.75, 3.05) is 6.54 Å². The molecule has 1 aromatic rings. The van der Waals surface area contributed by atoms with E-state index in [0.29, 0.717) is 0 Å². The molecule has 104 valence electrons. The molecule has 0 radical (unpaired) electrons. The molecule has 4 fully saturated rings. The fraction of sp³-hybridized carbons (Fsp3) is 0.857. The van der Waals surface area contributed by atoms with Gasteiger partial charge < -0.3 is 15.4 Å². The molecule has 0 spiro atoms. The first-order valence-corrected chi connectivity index (χ1v) is 7.41. The van der Waals surface area contributed by atoms with Crippen molar-refractivity contribution >= 4 is 0 Å². The Morgan fingerprint density at radius 1 is 1.21 bits per heavy atom. The van der Waals surface area contributed by atoms with Gasteiger partial charge in [0.1, 0.15) is 6.10 Å². The number of hydrogen-bond donors (Lipinski definition) is 2. The fourth-order valence-electron chi connectivity index (χ4n) is 5.07. The lowest BCUT2D eigenvalue weighted by atomic mass is 9.49. The third kappa shape index (κ3) is 1.75. The molecule has 4 aliphatic rings. The highest BCUT2D eigenvalue weighted by atomic mass is 16.5. The summed E-state index contributed by atoms with van der Waals surface area (Å²) in [5, 5.41) is 13.9. The highest BCUT2D eigenvalue weighted by Crippen LogP contribution is 2.60. The van der Waals surface area contributed by atoms with E-state index in [1.165, 1.54) is 38.5 Å². The predicted octanol–water partition coefficient (Wildman–Crippen LogP) is 1.53. The van der Waals surface area contributed by atoms with Crippen LogP contribution in [0.2, 0.25) is 0 Å². The normalized spacial score (nSPS) is 41.7. The summed E-state index contributed by atoms with van der Waals surface area (Å²) in [5.74, 6) is 3.68. The second-order valence-corrected chi connectivity index (χ2v) is 6.91. The Morgan fingerprint density at radius 3 is 2.32 bits per heavy atom. The summed E-state index contributed by atoms with van der Waals surface area (Å²) in [4.78, 5) is 4.46. The largest absolute Gasteiger partial charge is 0.382 e. The Bertz CT molecular complexity index is 450. The van der Waals surface area contributed by atoms with Crippen molar-refractivity contribution in [3.63, 3.8) is 0 Å². The Balaban J connectivity index is 1.66. The van der Waals surface area contributed by atoms with Gasteiger partial charge in [-0.15, -0.1) is 0 Å². The van der Waals surface area contributed by atoms with Crippen molar-refractivity contribution in [2.45, 2.75) is 50.0 Å². The molecule has 4 bridgehead atoms. The van der Waals surface area contributed by atoms with Gasteiger partial charge in [0.25, 0.3) is 5.89 Å². The zero-order valence-electron chi connectivity index (χ0n) is 11.1. The second-order valence-electron chi connectivity index (χ2n) is 6.91. The standard InChI is InChI=1S/C14H21N3O2/c15-7-11(18)12-16-13(17-19-12)14-4-8-1-9(5-14)3-10(2-8)6-14/h8-11,18H,1-7,15H2/t8?,9?,10?,11-,14?/m0/s1. The summed E-state index contributed by atoms with van der Waals surface area (Å²) in [6.07, 6.45) is 6.99. The first-order chi connectivity index (χ1) is 9.18. The van der Waals surface area contributed by atoms with Crippen LogP contribution >= 0.6 is 0 Å². The molecule has 1 heterocycles. The molecule has 0 aromatic carbocycles. The smallest absolute Gasteiger partial charge is 0.256 e. The molecule has 0 amide bonds. The summed E-state index contributed by atoms with van der Waals surface area (Å²) in [6.45, 7) is 0.127. The summed E-state index contributed by atoms with van der Waals surface area (Å²) in [7, 11) is 0.